The normalized spacial score (nSPS) is 12.0. The Kier molecular flexibility index (Phi) is 4.46. The van der Waals surface area contributed by atoms with Crippen LogP contribution in [0.2, 0.25) is 5.02 Å². The van der Waals surface area contributed by atoms with Gasteiger partial charge in [0, 0.05) is 17.3 Å². The van der Waals surface area contributed by atoms with Crippen LogP contribution >= 0.6 is 11.6 Å². The summed E-state index contributed by atoms with van der Waals surface area (Å²) in [5.74, 6) is 0.466. The third-order valence-electron chi connectivity index (χ3n) is 2.69. The van der Waals surface area contributed by atoms with E-state index in [1.807, 2.05) is 13.8 Å². The van der Waals surface area contributed by atoms with E-state index in [9.17, 15) is 13.2 Å². The Bertz CT molecular complexity index is 623. The van der Waals surface area contributed by atoms with Crippen molar-refractivity contribution in [3.63, 3.8) is 0 Å². The van der Waals surface area contributed by atoms with E-state index < -0.39 is 11.7 Å². The number of hydrogen-bond acceptors (Lipinski definition) is 2. The lowest BCUT2D eigenvalue weighted by molar-refractivity contribution is -0.137. The van der Waals surface area contributed by atoms with E-state index in [1.54, 1.807) is 16.9 Å². The minimum absolute atomic E-state index is 0.00278. The standard InChI is InChI=1S/C14H14ClF3N2O/c1-9(2)21-13-5-6-20(19-13)8-10-3-4-11(7-12(10)15)14(16,17)18/h3-7,9H,8H2,1-2H3. The molecule has 1 aromatic heterocycles. The highest BCUT2D eigenvalue weighted by Gasteiger charge is 2.30. The second-order valence-electron chi connectivity index (χ2n) is 4.82. The van der Waals surface area contributed by atoms with Gasteiger partial charge in [0.2, 0.25) is 5.88 Å². The van der Waals surface area contributed by atoms with Crippen molar-refractivity contribution in [1.29, 1.82) is 0 Å². The van der Waals surface area contributed by atoms with Gasteiger partial charge in [0.1, 0.15) is 0 Å². The molecule has 2 rings (SSSR count). The molecule has 7 heteroatoms. The van der Waals surface area contributed by atoms with E-state index in [1.165, 1.54) is 6.07 Å². The lowest BCUT2D eigenvalue weighted by atomic mass is 10.1. The molecule has 1 heterocycles. The number of rotatable bonds is 4. The van der Waals surface area contributed by atoms with Crippen molar-refractivity contribution in [3.8, 4) is 5.88 Å². The first-order valence-electron chi connectivity index (χ1n) is 6.31. The largest absolute Gasteiger partial charge is 0.474 e. The molecule has 0 saturated carbocycles. The van der Waals surface area contributed by atoms with Crippen molar-refractivity contribution in [2.45, 2.75) is 32.7 Å². The summed E-state index contributed by atoms with van der Waals surface area (Å²) in [5.41, 5.74) is -0.204. The SMILES string of the molecule is CC(C)Oc1ccn(Cc2ccc(C(F)(F)F)cc2Cl)n1. The first-order chi connectivity index (χ1) is 9.75. The summed E-state index contributed by atoms with van der Waals surface area (Å²) in [4.78, 5) is 0. The summed E-state index contributed by atoms with van der Waals surface area (Å²) in [5, 5.41) is 4.23. The van der Waals surface area contributed by atoms with Gasteiger partial charge < -0.3 is 4.74 Å². The molecule has 3 nitrogen and oxygen atoms in total. The predicted molar refractivity (Wildman–Crippen MR) is 73.5 cm³/mol. The van der Waals surface area contributed by atoms with Gasteiger partial charge in [-0.15, -0.1) is 5.10 Å². The fourth-order valence-corrected chi connectivity index (χ4v) is 2.00. The summed E-state index contributed by atoms with van der Waals surface area (Å²) in [6, 6.07) is 4.98. The predicted octanol–water partition coefficient (Wildman–Crippen LogP) is 4.39. The van der Waals surface area contributed by atoms with Crippen LogP contribution in [0, 0.1) is 0 Å². The highest BCUT2D eigenvalue weighted by atomic mass is 35.5. The summed E-state index contributed by atoms with van der Waals surface area (Å²) >= 11 is 5.90. The monoisotopic (exact) mass is 318 g/mol. The molecule has 0 spiro atoms. The second-order valence-corrected chi connectivity index (χ2v) is 5.23. The minimum Gasteiger partial charge on any atom is -0.474 e. The Balaban J connectivity index is 2.15. The van der Waals surface area contributed by atoms with Crippen molar-refractivity contribution in [3.05, 3.63) is 46.6 Å². The zero-order valence-corrected chi connectivity index (χ0v) is 12.2. The number of aromatic nitrogens is 2. The van der Waals surface area contributed by atoms with E-state index in [-0.39, 0.29) is 17.7 Å². The first-order valence-corrected chi connectivity index (χ1v) is 6.69. The molecule has 0 bridgehead atoms. The third-order valence-corrected chi connectivity index (χ3v) is 3.04. The average Bonchev–Trinajstić information content (AvgIpc) is 2.77. The number of halogens is 4. The number of alkyl halides is 3. The van der Waals surface area contributed by atoms with Gasteiger partial charge in [-0.25, -0.2) is 0 Å². The molecular weight excluding hydrogens is 305 g/mol. The van der Waals surface area contributed by atoms with Crippen LogP contribution in [0.1, 0.15) is 25.0 Å². The van der Waals surface area contributed by atoms with Crippen molar-refractivity contribution in [1.82, 2.24) is 9.78 Å². The zero-order chi connectivity index (χ0) is 15.6. The molecule has 0 fully saturated rings. The van der Waals surface area contributed by atoms with Gasteiger partial charge in [0.05, 0.1) is 18.2 Å². The van der Waals surface area contributed by atoms with Crippen LogP contribution in [0.3, 0.4) is 0 Å². The molecule has 0 aliphatic rings. The van der Waals surface area contributed by atoms with Crippen LogP contribution < -0.4 is 4.74 Å². The number of nitrogens with zero attached hydrogens (tertiary/aromatic N) is 2. The lowest BCUT2D eigenvalue weighted by Crippen LogP contribution is -2.08. The minimum atomic E-state index is -4.40. The Labute approximate surface area is 125 Å². The maximum Gasteiger partial charge on any atom is 0.416 e. The molecule has 114 valence electrons. The Hall–Kier alpha value is -1.69. The van der Waals surface area contributed by atoms with Crippen LogP contribution in [-0.2, 0) is 12.7 Å². The molecule has 0 amide bonds. The summed E-state index contributed by atoms with van der Waals surface area (Å²) in [6.07, 6.45) is -2.71. The summed E-state index contributed by atoms with van der Waals surface area (Å²) in [6.45, 7) is 4.04. The van der Waals surface area contributed by atoms with Crippen LogP contribution in [-0.4, -0.2) is 15.9 Å². The quantitative estimate of drug-likeness (QED) is 0.836. The highest BCUT2D eigenvalue weighted by Crippen LogP contribution is 2.32. The molecule has 0 aliphatic carbocycles. The van der Waals surface area contributed by atoms with Gasteiger partial charge >= 0.3 is 6.18 Å². The Morgan fingerprint density at radius 1 is 1.29 bits per heavy atom. The second kappa shape index (κ2) is 5.97. The average molecular weight is 319 g/mol. The molecule has 0 radical (unpaired) electrons. The fraction of sp³-hybridized carbons (Fsp3) is 0.357. The topological polar surface area (TPSA) is 27.1 Å². The van der Waals surface area contributed by atoms with Gasteiger partial charge in [-0.05, 0) is 31.5 Å². The van der Waals surface area contributed by atoms with Crippen LogP contribution in [0.4, 0.5) is 13.2 Å². The van der Waals surface area contributed by atoms with Gasteiger partial charge in [-0.3, -0.25) is 4.68 Å². The van der Waals surface area contributed by atoms with Crippen molar-refractivity contribution in [2.24, 2.45) is 0 Å². The van der Waals surface area contributed by atoms with Crippen molar-refractivity contribution >= 4 is 11.6 Å². The molecule has 0 unspecified atom stereocenters. The van der Waals surface area contributed by atoms with Gasteiger partial charge in [-0.2, -0.15) is 13.2 Å². The number of hydrogen-bond donors (Lipinski definition) is 0. The molecule has 0 atom stereocenters. The molecular formula is C14H14ClF3N2O. The Morgan fingerprint density at radius 2 is 2.00 bits per heavy atom. The van der Waals surface area contributed by atoms with E-state index in [0.717, 1.165) is 12.1 Å². The molecule has 0 saturated heterocycles. The maximum absolute atomic E-state index is 12.6. The first kappa shape index (κ1) is 15.7. The van der Waals surface area contributed by atoms with E-state index in [2.05, 4.69) is 5.10 Å². The summed E-state index contributed by atoms with van der Waals surface area (Å²) in [7, 11) is 0. The van der Waals surface area contributed by atoms with Gasteiger partial charge in [0.15, 0.2) is 0 Å². The van der Waals surface area contributed by atoms with Crippen molar-refractivity contribution in [2.75, 3.05) is 0 Å². The van der Waals surface area contributed by atoms with Gasteiger partial charge in [0.25, 0.3) is 0 Å². The summed E-state index contributed by atoms with van der Waals surface area (Å²) < 4.78 is 44.7. The Morgan fingerprint density at radius 3 is 2.57 bits per heavy atom. The lowest BCUT2D eigenvalue weighted by Gasteiger charge is -2.10. The smallest absolute Gasteiger partial charge is 0.416 e. The maximum atomic E-state index is 12.6. The molecule has 1 aromatic carbocycles. The van der Waals surface area contributed by atoms with Crippen molar-refractivity contribution < 1.29 is 17.9 Å². The van der Waals surface area contributed by atoms with Crippen LogP contribution in [0.5, 0.6) is 5.88 Å². The van der Waals surface area contributed by atoms with Gasteiger partial charge in [-0.1, -0.05) is 17.7 Å². The zero-order valence-electron chi connectivity index (χ0n) is 11.5. The highest BCUT2D eigenvalue weighted by molar-refractivity contribution is 6.31. The van der Waals surface area contributed by atoms with E-state index in [0.29, 0.717) is 11.4 Å². The molecule has 0 aliphatic heterocycles. The number of benzene rings is 1. The molecule has 0 N–H and O–H groups in total. The fourth-order valence-electron chi connectivity index (χ4n) is 1.76. The molecule has 21 heavy (non-hydrogen) atoms. The van der Waals surface area contributed by atoms with E-state index >= 15 is 0 Å². The van der Waals surface area contributed by atoms with E-state index in [4.69, 9.17) is 16.3 Å². The third kappa shape index (κ3) is 4.14. The number of ether oxygens (including phenoxy) is 1. The molecule has 2 aromatic rings. The van der Waals surface area contributed by atoms with Crippen LogP contribution in [0.15, 0.2) is 30.5 Å². The van der Waals surface area contributed by atoms with Crippen LogP contribution in [0.25, 0.3) is 0 Å².